The molecule has 29 heavy (non-hydrogen) atoms. The molecule has 0 saturated heterocycles. The van der Waals surface area contributed by atoms with Gasteiger partial charge in [0.15, 0.2) is 0 Å². The third-order valence-electron chi connectivity index (χ3n) is 4.24. The van der Waals surface area contributed by atoms with Crippen molar-refractivity contribution in [2.24, 2.45) is 0 Å². The summed E-state index contributed by atoms with van der Waals surface area (Å²) in [5.41, 5.74) is 3.66. The van der Waals surface area contributed by atoms with Crippen molar-refractivity contribution in [3.63, 3.8) is 0 Å². The molecule has 2 heterocycles. The maximum absolute atomic E-state index is 4.73. The number of hydrogen-bond donors (Lipinski definition) is 0. The molecule has 0 spiro atoms. The molecule has 2 nitrogen and oxygen atoms in total. The van der Waals surface area contributed by atoms with Gasteiger partial charge in [0.25, 0.3) is 0 Å². The first kappa shape index (κ1) is 20.6. The maximum Gasteiger partial charge on any atom is 2.00 e. The molecule has 0 aliphatic carbocycles. The quantitative estimate of drug-likeness (QED) is 0.242. The van der Waals surface area contributed by atoms with Gasteiger partial charge in [-0.15, -0.1) is 29.1 Å². The Bertz CT molecular complexity index is 1130. The van der Waals surface area contributed by atoms with E-state index in [2.05, 4.69) is 35.3 Å². The van der Waals surface area contributed by atoms with E-state index in [1.165, 1.54) is 10.8 Å². The summed E-state index contributed by atoms with van der Waals surface area (Å²) in [5.74, 6) is 0. The molecule has 0 saturated carbocycles. The van der Waals surface area contributed by atoms with Crippen LogP contribution >= 0.6 is 0 Å². The molecule has 0 N–H and O–H groups in total. The van der Waals surface area contributed by atoms with E-state index >= 15 is 0 Å². The van der Waals surface area contributed by atoms with Gasteiger partial charge in [-0.3, -0.25) is 9.97 Å². The van der Waals surface area contributed by atoms with Crippen LogP contribution in [0.2, 0.25) is 0 Å². The van der Waals surface area contributed by atoms with Crippen LogP contribution in [-0.2, 0) is 21.1 Å². The fraction of sp³-hybridized carbons (Fsp3) is 0. The second-order valence-electron chi connectivity index (χ2n) is 6.18. The summed E-state index contributed by atoms with van der Waals surface area (Å²) in [6, 6.07) is 40.1. The van der Waals surface area contributed by atoms with Crippen LogP contribution in [0, 0.1) is 12.1 Å². The monoisotopic (exact) mass is 553 g/mol. The number of nitrogens with zero attached hydrogens (tertiary/aromatic N) is 2. The van der Waals surface area contributed by atoms with E-state index in [0.29, 0.717) is 0 Å². The van der Waals surface area contributed by atoms with Crippen molar-refractivity contribution in [2.75, 3.05) is 0 Å². The fourth-order valence-corrected chi connectivity index (χ4v) is 2.86. The summed E-state index contributed by atoms with van der Waals surface area (Å²) in [6.07, 6.45) is 1.78. The Balaban J connectivity index is 0.000000297. The first-order valence-electron chi connectivity index (χ1n) is 9.10. The van der Waals surface area contributed by atoms with Crippen LogP contribution in [0.1, 0.15) is 0 Å². The molecule has 0 unspecified atom stereocenters. The number of benzene rings is 3. The third-order valence-corrected chi connectivity index (χ3v) is 4.24. The van der Waals surface area contributed by atoms with Gasteiger partial charge in [-0.1, -0.05) is 47.9 Å². The number of aromatic nitrogens is 2. The average molecular weight is 554 g/mol. The summed E-state index contributed by atoms with van der Waals surface area (Å²) in [6.45, 7) is 0. The molecule has 0 aliphatic heterocycles. The van der Waals surface area contributed by atoms with E-state index in [1.807, 2.05) is 84.9 Å². The van der Waals surface area contributed by atoms with Gasteiger partial charge in [-0.25, -0.2) is 0 Å². The Morgan fingerprint density at radius 3 is 2.03 bits per heavy atom. The minimum Gasteiger partial charge on any atom is -0.295 e. The molecule has 5 rings (SSSR count). The first-order chi connectivity index (χ1) is 13.9. The van der Waals surface area contributed by atoms with E-state index in [-0.39, 0.29) is 21.1 Å². The van der Waals surface area contributed by atoms with Crippen LogP contribution < -0.4 is 0 Å². The molecule has 0 aliphatic rings. The van der Waals surface area contributed by atoms with E-state index in [1.54, 1.807) is 6.20 Å². The zero-order valence-electron chi connectivity index (χ0n) is 15.6. The maximum atomic E-state index is 4.73. The van der Waals surface area contributed by atoms with E-state index in [9.17, 15) is 0 Å². The Labute approximate surface area is 185 Å². The second kappa shape index (κ2) is 10.5. The van der Waals surface area contributed by atoms with Crippen molar-refractivity contribution in [3.05, 3.63) is 121 Å². The number of fused-ring (bicyclic) bond motifs is 1. The number of pyridine rings is 2. The van der Waals surface area contributed by atoms with Gasteiger partial charge in [0.05, 0.1) is 11.4 Å². The van der Waals surface area contributed by atoms with Crippen molar-refractivity contribution in [3.8, 4) is 22.6 Å². The van der Waals surface area contributed by atoms with Gasteiger partial charge in [0.2, 0.25) is 0 Å². The van der Waals surface area contributed by atoms with Gasteiger partial charge in [0, 0.05) is 6.20 Å². The van der Waals surface area contributed by atoms with E-state index < -0.39 is 0 Å². The molecule has 5 aromatic rings. The third kappa shape index (κ3) is 5.46. The summed E-state index contributed by atoms with van der Waals surface area (Å²) in [5, 5.41) is 2.38. The molecule has 2 aromatic heterocycles. The number of rotatable bonds is 2. The molecular formula is C26H18N2Pt. The molecule has 3 heteroatoms. The van der Waals surface area contributed by atoms with Crippen molar-refractivity contribution >= 4 is 10.8 Å². The predicted molar refractivity (Wildman–Crippen MR) is 115 cm³/mol. The largest absolute Gasteiger partial charge is 2.00 e. The zero-order chi connectivity index (χ0) is 19.0. The first-order valence-corrected chi connectivity index (χ1v) is 9.10. The standard InChI is InChI=1S/C20H13N2.C6H5.Pt/c1-2-7-16-14-17(12-11-15(16)6-1)18-9-5-10-20(22-18)19-8-3-4-13-21-19;1-2-4-6-5-3-1;/h1-11,13-14H;1-5H;/q2*-1;+2. The molecular weight excluding hydrogens is 535 g/mol. The average Bonchev–Trinajstić information content (AvgIpc) is 2.81. The van der Waals surface area contributed by atoms with Crippen molar-refractivity contribution in [1.82, 2.24) is 9.97 Å². The van der Waals surface area contributed by atoms with E-state index in [0.717, 1.165) is 22.6 Å². The second-order valence-corrected chi connectivity index (χ2v) is 6.18. The summed E-state index contributed by atoms with van der Waals surface area (Å²) in [7, 11) is 0. The molecule has 0 radical (unpaired) electrons. The predicted octanol–water partition coefficient (Wildman–Crippen LogP) is 6.25. The smallest absolute Gasteiger partial charge is 0.295 e. The van der Waals surface area contributed by atoms with Gasteiger partial charge in [-0.2, -0.15) is 36.4 Å². The van der Waals surface area contributed by atoms with Crippen LogP contribution in [0.15, 0.2) is 109 Å². The number of hydrogen-bond acceptors (Lipinski definition) is 2. The topological polar surface area (TPSA) is 25.8 Å². The zero-order valence-corrected chi connectivity index (χ0v) is 17.9. The van der Waals surface area contributed by atoms with Gasteiger partial charge < -0.3 is 0 Å². The molecule has 0 atom stereocenters. The van der Waals surface area contributed by atoms with Crippen molar-refractivity contribution in [2.45, 2.75) is 0 Å². The Kier molecular flexibility index (Phi) is 7.44. The fourth-order valence-electron chi connectivity index (χ4n) is 2.86. The van der Waals surface area contributed by atoms with E-state index in [4.69, 9.17) is 4.98 Å². The van der Waals surface area contributed by atoms with Crippen LogP contribution in [0.3, 0.4) is 0 Å². The summed E-state index contributed by atoms with van der Waals surface area (Å²) < 4.78 is 0. The SMILES string of the molecule is [Pt+2].[c-]1cc2ccccc2cc1-c1cccc(-c2ccccn2)n1.[c-]1ccccc1. The Morgan fingerprint density at radius 2 is 1.34 bits per heavy atom. The Morgan fingerprint density at radius 1 is 0.621 bits per heavy atom. The normalized spacial score (nSPS) is 9.79. The minimum atomic E-state index is 0. The van der Waals surface area contributed by atoms with Crippen LogP contribution in [-0.4, -0.2) is 9.97 Å². The van der Waals surface area contributed by atoms with Crippen LogP contribution in [0.4, 0.5) is 0 Å². The van der Waals surface area contributed by atoms with Gasteiger partial charge in [-0.05, 0) is 23.9 Å². The van der Waals surface area contributed by atoms with Crippen LogP contribution in [0.5, 0.6) is 0 Å². The van der Waals surface area contributed by atoms with Crippen molar-refractivity contribution in [1.29, 1.82) is 0 Å². The molecule has 142 valence electrons. The minimum absolute atomic E-state index is 0. The van der Waals surface area contributed by atoms with Crippen LogP contribution in [0.25, 0.3) is 33.4 Å². The molecule has 0 fully saturated rings. The van der Waals surface area contributed by atoms with Gasteiger partial charge in [0.1, 0.15) is 0 Å². The van der Waals surface area contributed by atoms with Crippen molar-refractivity contribution < 1.29 is 21.1 Å². The summed E-state index contributed by atoms with van der Waals surface area (Å²) >= 11 is 0. The molecule has 0 amide bonds. The summed E-state index contributed by atoms with van der Waals surface area (Å²) in [4.78, 5) is 9.09. The van der Waals surface area contributed by atoms with Gasteiger partial charge >= 0.3 is 21.1 Å². The molecule has 0 bridgehead atoms. The Hall–Kier alpha value is -3.09. The molecule has 3 aromatic carbocycles.